The zero-order chi connectivity index (χ0) is 11.1. The minimum Gasteiger partial charge on any atom is -0.371 e. The normalized spacial score (nSPS) is 18.3. The Hall–Kier alpha value is -0.370. The summed E-state index contributed by atoms with van der Waals surface area (Å²) in [5, 5.41) is 0. The van der Waals surface area contributed by atoms with Crippen LogP contribution in [0.3, 0.4) is 0 Å². The standard InChI is InChI=1S/C13H24O2/c1-11(2)15-10-13(14)9-8-12-6-4-3-5-7-12/h11-12H,3-10H2,1-2H3. The molecule has 0 heterocycles. The molecule has 2 heteroatoms. The zero-order valence-electron chi connectivity index (χ0n) is 10.1. The van der Waals surface area contributed by atoms with Crippen molar-refractivity contribution in [3.8, 4) is 0 Å². The monoisotopic (exact) mass is 212 g/mol. The summed E-state index contributed by atoms with van der Waals surface area (Å²) in [5.41, 5.74) is 0. The van der Waals surface area contributed by atoms with Gasteiger partial charge in [-0.15, -0.1) is 0 Å². The Morgan fingerprint density at radius 1 is 1.27 bits per heavy atom. The van der Waals surface area contributed by atoms with Crippen molar-refractivity contribution in [2.45, 2.75) is 64.9 Å². The summed E-state index contributed by atoms with van der Waals surface area (Å²) in [6, 6.07) is 0. The third-order valence-electron chi connectivity index (χ3n) is 3.13. The molecular formula is C13H24O2. The number of Topliss-reactive ketones (excluding diaryl/α,β-unsaturated/α-hetero) is 1. The molecule has 1 aliphatic carbocycles. The van der Waals surface area contributed by atoms with Crippen molar-refractivity contribution >= 4 is 5.78 Å². The number of carbonyl (C=O) groups is 1. The van der Waals surface area contributed by atoms with Gasteiger partial charge in [0.1, 0.15) is 6.61 Å². The first-order valence-electron chi connectivity index (χ1n) is 6.32. The Morgan fingerprint density at radius 3 is 2.53 bits per heavy atom. The summed E-state index contributed by atoms with van der Waals surface area (Å²) in [7, 11) is 0. The molecule has 0 spiro atoms. The summed E-state index contributed by atoms with van der Waals surface area (Å²) in [5.74, 6) is 1.08. The predicted octanol–water partition coefficient (Wildman–Crippen LogP) is 3.34. The van der Waals surface area contributed by atoms with Crippen LogP contribution in [0.4, 0.5) is 0 Å². The highest BCUT2D eigenvalue weighted by Gasteiger charge is 2.14. The maximum atomic E-state index is 11.5. The first kappa shape index (κ1) is 12.7. The first-order valence-corrected chi connectivity index (χ1v) is 6.32. The van der Waals surface area contributed by atoms with Gasteiger partial charge in [0.05, 0.1) is 6.10 Å². The number of hydrogen-bond donors (Lipinski definition) is 0. The molecule has 0 N–H and O–H groups in total. The van der Waals surface area contributed by atoms with Gasteiger partial charge >= 0.3 is 0 Å². The van der Waals surface area contributed by atoms with Gasteiger partial charge in [-0.2, -0.15) is 0 Å². The molecule has 0 aliphatic heterocycles. The van der Waals surface area contributed by atoms with Crippen molar-refractivity contribution in [3.05, 3.63) is 0 Å². The van der Waals surface area contributed by atoms with Crippen LogP contribution in [0.25, 0.3) is 0 Å². The van der Waals surface area contributed by atoms with E-state index < -0.39 is 0 Å². The smallest absolute Gasteiger partial charge is 0.158 e. The maximum Gasteiger partial charge on any atom is 0.158 e. The van der Waals surface area contributed by atoms with E-state index in [9.17, 15) is 4.79 Å². The Morgan fingerprint density at radius 2 is 1.93 bits per heavy atom. The molecule has 0 bridgehead atoms. The van der Waals surface area contributed by atoms with Crippen LogP contribution in [0.1, 0.15) is 58.8 Å². The molecule has 0 aromatic rings. The topological polar surface area (TPSA) is 26.3 Å². The molecule has 0 radical (unpaired) electrons. The number of rotatable bonds is 6. The highest BCUT2D eigenvalue weighted by molar-refractivity contribution is 5.79. The summed E-state index contributed by atoms with van der Waals surface area (Å²) in [6.07, 6.45) is 8.75. The minimum atomic E-state index is 0.170. The minimum absolute atomic E-state index is 0.170. The fourth-order valence-electron chi connectivity index (χ4n) is 2.17. The third kappa shape index (κ3) is 5.93. The summed E-state index contributed by atoms with van der Waals surface area (Å²) in [6.45, 7) is 4.24. The highest BCUT2D eigenvalue weighted by Crippen LogP contribution is 2.27. The van der Waals surface area contributed by atoms with E-state index in [1.165, 1.54) is 32.1 Å². The van der Waals surface area contributed by atoms with E-state index in [4.69, 9.17) is 4.74 Å². The van der Waals surface area contributed by atoms with Crippen molar-refractivity contribution in [2.24, 2.45) is 5.92 Å². The van der Waals surface area contributed by atoms with Crippen LogP contribution in [-0.2, 0) is 9.53 Å². The third-order valence-corrected chi connectivity index (χ3v) is 3.13. The molecule has 1 rings (SSSR count). The zero-order valence-corrected chi connectivity index (χ0v) is 10.1. The van der Waals surface area contributed by atoms with Crippen LogP contribution in [0.5, 0.6) is 0 Å². The molecule has 88 valence electrons. The number of ketones is 1. The molecule has 2 nitrogen and oxygen atoms in total. The Kier molecular flexibility index (Phi) is 5.92. The Bertz CT molecular complexity index is 181. The van der Waals surface area contributed by atoms with Gasteiger partial charge in [-0.3, -0.25) is 4.79 Å². The summed E-state index contributed by atoms with van der Waals surface area (Å²) < 4.78 is 5.29. The van der Waals surface area contributed by atoms with Crippen molar-refractivity contribution in [3.63, 3.8) is 0 Å². The van der Waals surface area contributed by atoms with E-state index in [1.54, 1.807) is 0 Å². The van der Waals surface area contributed by atoms with Gasteiger partial charge in [0, 0.05) is 6.42 Å². The molecule has 0 saturated heterocycles. The lowest BCUT2D eigenvalue weighted by atomic mass is 9.86. The van der Waals surface area contributed by atoms with Crippen LogP contribution in [0.15, 0.2) is 0 Å². The molecule has 0 unspecified atom stereocenters. The molecule has 0 aromatic carbocycles. The van der Waals surface area contributed by atoms with Crippen LogP contribution >= 0.6 is 0 Å². The van der Waals surface area contributed by atoms with Gasteiger partial charge in [-0.25, -0.2) is 0 Å². The molecule has 1 saturated carbocycles. The van der Waals surface area contributed by atoms with Gasteiger partial charge in [0.2, 0.25) is 0 Å². The van der Waals surface area contributed by atoms with Gasteiger partial charge in [-0.05, 0) is 26.2 Å². The van der Waals surface area contributed by atoms with E-state index in [0.717, 1.165) is 18.8 Å². The van der Waals surface area contributed by atoms with Crippen molar-refractivity contribution in [1.29, 1.82) is 0 Å². The fourth-order valence-corrected chi connectivity index (χ4v) is 2.17. The Balaban J connectivity index is 2.05. The van der Waals surface area contributed by atoms with E-state index in [1.807, 2.05) is 13.8 Å². The van der Waals surface area contributed by atoms with Crippen LogP contribution in [0, 0.1) is 5.92 Å². The fraction of sp³-hybridized carbons (Fsp3) is 0.923. The van der Waals surface area contributed by atoms with Gasteiger partial charge in [0.25, 0.3) is 0 Å². The summed E-state index contributed by atoms with van der Waals surface area (Å²) in [4.78, 5) is 11.5. The average molecular weight is 212 g/mol. The number of ether oxygens (including phenoxy) is 1. The molecule has 15 heavy (non-hydrogen) atoms. The van der Waals surface area contributed by atoms with E-state index >= 15 is 0 Å². The molecular weight excluding hydrogens is 188 g/mol. The number of hydrogen-bond acceptors (Lipinski definition) is 2. The lowest BCUT2D eigenvalue weighted by Crippen LogP contribution is -2.15. The first-order chi connectivity index (χ1) is 7.18. The van der Waals surface area contributed by atoms with Crippen molar-refractivity contribution in [2.75, 3.05) is 6.61 Å². The molecule has 0 amide bonds. The number of carbonyl (C=O) groups excluding carboxylic acids is 1. The quantitative estimate of drug-likeness (QED) is 0.675. The molecule has 1 fully saturated rings. The second kappa shape index (κ2) is 7.00. The van der Waals surface area contributed by atoms with Crippen LogP contribution < -0.4 is 0 Å². The average Bonchev–Trinajstić information content (AvgIpc) is 2.25. The van der Waals surface area contributed by atoms with Crippen LogP contribution in [0.2, 0.25) is 0 Å². The van der Waals surface area contributed by atoms with Crippen molar-refractivity contribution in [1.82, 2.24) is 0 Å². The van der Waals surface area contributed by atoms with Crippen LogP contribution in [-0.4, -0.2) is 18.5 Å². The second-order valence-electron chi connectivity index (χ2n) is 4.94. The lowest BCUT2D eigenvalue weighted by Gasteiger charge is -2.20. The lowest BCUT2D eigenvalue weighted by molar-refractivity contribution is -0.125. The molecule has 0 aromatic heterocycles. The molecule has 1 aliphatic rings. The maximum absolute atomic E-state index is 11.5. The van der Waals surface area contributed by atoms with Gasteiger partial charge in [0.15, 0.2) is 5.78 Å². The highest BCUT2D eigenvalue weighted by atomic mass is 16.5. The van der Waals surface area contributed by atoms with Gasteiger partial charge < -0.3 is 4.74 Å². The largest absolute Gasteiger partial charge is 0.371 e. The Labute approximate surface area is 93.4 Å². The predicted molar refractivity (Wildman–Crippen MR) is 61.9 cm³/mol. The van der Waals surface area contributed by atoms with Gasteiger partial charge in [-0.1, -0.05) is 32.1 Å². The summed E-state index contributed by atoms with van der Waals surface area (Å²) >= 11 is 0. The van der Waals surface area contributed by atoms with E-state index in [0.29, 0.717) is 6.61 Å². The molecule has 0 atom stereocenters. The SMILES string of the molecule is CC(C)OCC(=O)CCC1CCCCC1. The van der Waals surface area contributed by atoms with E-state index in [2.05, 4.69) is 0 Å². The second-order valence-corrected chi connectivity index (χ2v) is 4.94. The van der Waals surface area contributed by atoms with E-state index in [-0.39, 0.29) is 11.9 Å². The van der Waals surface area contributed by atoms with Crippen molar-refractivity contribution < 1.29 is 9.53 Å².